The van der Waals surface area contributed by atoms with Gasteiger partial charge in [0.1, 0.15) is 28.9 Å². The number of pyridine rings is 1. The molecule has 0 atom stereocenters. The van der Waals surface area contributed by atoms with Crippen molar-refractivity contribution in [1.29, 1.82) is 0 Å². The number of nitrogens with one attached hydrogen (secondary N) is 1. The lowest BCUT2D eigenvalue weighted by molar-refractivity contribution is 0.335. The monoisotopic (exact) mass is 512 g/mol. The highest BCUT2D eigenvalue weighted by atomic mass is 19.1. The van der Waals surface area contributed by atoms with Gasteiger partial charge in [0.05, 0.1) is 18.7 Å². The minimum absolute atomic E-state index is 0.0846. The van der Waals surface area contributed by atoms with E-state index >= 15 is 0 Å². The molecule has 0 fully saturated rings. The number of benzene rings is 2. The summed E-state index contributed by atoms with van der Waals surface area (Å²) in [5.74, 6) is 0.0277. The first-order chi connectivity index (χ1) is 18.5. The molecule has 9 heteroatoms. The van der Waals surface area contributed by atoms with Gasteiger partial charge in [-0.1, -0.05) is 18.2 Å². The Morgan fingerprint density at radius 3 is 2.66 bits per heavy atom. The molecule has 0 aliphatic heterocycles. The van der Waals surface area contributed by atoms with Gasteiger partial charge in [-0.2, -0.15) is 5.10 Å². The molecule has 38 heavy (non-hydrogen) atoms. The van der Waals surface area contributed by atoms with Crippen molar-refractivity contribution in [1.82, 2.24) is 24.7 Å². The van der Waals surface area contributed by atoms with Crippen molar-refractivity contribution in [2.75, 3.05) is 11.9 Å². The lowest BCUT2D eigenvalue weighted by Crippen LogP contribution is -2.08. The topological polar surface area (TPSA) is 77.8 Å². The van der Waals surface area contributed by atoms with Crippen LogP contribution in [0.4, 0.5) is 20.3 Å². The van der Waals surface area contributed by atoms with Crippen LogP contribution < -0.4 is 10.1 Å². The molecule has 1 aliphatic carbocycles. The van der Waals surface area contributed by atoms with Crippen LogP contribution in [0.2, 0.25) is 0 Å². The van der Waals surface area contributed by atoms with E-state index in [0.29, 0.717) is 18.1 Å². The Morgan fingerprint density at radius 1 is 1.05 bits per heavy atom. The highest BCUT2D eigenvalue weighted by Gasteiger charge is 2.24. The molecule has 7 nitrogen and oxygen atoms in total. The maximum absolute atomic E-state index is 14.9. The molecule has 0 saturated carbocycles. The summed E-state index contributed by atoms with van der Waals surface area (Å²) in [6.07, 6.45) is 6.30. The normalized spacial score (nSPS) is 12.6. The van der Waals surface area contributed by atoms with E-state index in [1.54, 1.807) is 24.0 Å². The second-order valence-corrected chi connectivity index (χ2v) is 9.31. The molecule has 0 bridgehead atoms. The molecule has 0 amide bonds. The van der Waals surface area contributed by atoms with Crippen molar-refractivity contribution < 1.29 is 13.5 Å². The summed E-state index contributed by atoms with van der Waals surface area (Å²) in [6.45, 7) is 3.99. The number of fused-ring (bicyclic) bond motifs is 2. The molecule has 0 unspecified atom stereocenters. The molecule has 192 valence electrons. The van der Waals surface area contributed by atoms with Crippen molar-refractivity contribution in [2.24, 2.45) is 0 Å². The lowest BCUT2D eigenvalue weighted by Gasteiger charge is -2.13. The third kappa shape index (κ3) is 4.34. The van der Waals surface area contributed by atoms with Crippen LogP contribution in [-0.2, 0) is 19.4 Å². The predicted octanol–water partition coefficient (Wildman–Crippen LogP) is 6.15. The van der Waals surface area contributed by atoms with E-state index in [1.807, 2.05) is 37.3 Å². The van der Waals surface area contributed by atoms with E-state index in [-0.39, 0.29) is 17.9 Å². The molecule has 0 spiro atoms. The summed E-state index contributed by atoms with van der Waals surface area (Å²) in [4.78, 5) is 14.0. The fourth-order valence-electron chi connectivity index (χ4n) is 4.93. The molecule has 0 saturated heterocycles. The van der Waals surface area contributed by atoms with E-state index in [1.165, 1.54) is 12.1 Å². The molecular weight excluding hydrogens is 486 g/mol. The number of hydrogen-bond acceptors (Lipinski definition) is 6. The Labute approximate surface area is 218 Å². The number of aryl methyl sites for hydroxylation is 2. The Kier molecular flexibility index (Phi) is 6.19. The van der Waals surface area contributed by atoms with Gasteiger partial charge in [-0.15, -0.1) is 0 Å². The average molecular weight is 513 g/mol. The molecular formula is C29H26F2N6O. The van der Waals surface area contributed by atoms with E-state index in [9.17, 15) is 8.78 Å². The van der Waals surface area contributed by atoms with Gasteiger partial charge in [0.2, 0.25) is 0 Å². The Morgan fingerprint density at radius 2 is 1.87 bits per heavy atom. The maximum Gasteiger partial charge on any atom is 0.182 e. The van der Waals surface area contributed by atoms with Crippen molar-refractivity contribution in [3.05, 3.63) is 88.9 Å². The number of rotatable bonds is 7. The average Bonchev–Trinajstić information content (AvgIpc) is 3.53. The van der Waals surface area contributed by atoms with Gasteiger partial charge < -0.3 is 10.1 Å². The molecule has 2 aromatic carbocycles. The first-order valence-corrected chi connectivity index (χ1v) is 12.7. The molecule has 6 rings (SSSR count). The van der Waals surface area contributed by atoms with Gasteiger partial charge in [-0.25, -0.2) is 18.7 Å². The Bertz CT molecular complexity index is 1640. The SMILES string of the molecule is CCOc1cc(F)c(Cn2nc(-c3nc4c(c(Nc5ccncc5C)n3)CCC4)c3ccccc32)c(F)c1. The van der Waals surface area contributed by atoms with E-state index in [2.05, 4.69) is 10.3 Å². The molecule has 1 N–H and O–H groups in total. The Hall–Kier alpha value is -4.40. The number of halogens is 2. The fraction of sp³-hybridized carbons (Fsp3) is 0.241. The lowest BCUT2D eigenvalue weighted by atomic mass is 10.1. The van der Waals surface area contributed by atoms with Crippen LogP contribution in [0.15, 0.2) is 54.9 Å². The summed E-state index contributed by atoms with van der Waals surface area (Å²) in [6, 6.07) is 11.9. The smallest absolute Gasteiger partial charge is 0.182 e. The molecule has 0 radical (unpaired) electrons. The summed E-state index contributed by atoms with van der Waals surface area (Å²) in [7, 11) is 0. The van der Waals surface area contributed by atoms with E-state index in [4.69, 9.17) is 19.8 Å². The van der Waals surface area contributed by atoms with Gasteiger partial charge in [0, 0.05) is 52.4 Å². The highest BCUT2D eigenvalue weighted by molar-refractivity contribution is 5.92. The quantitative estimate of drug-likeness (QED) is 0.282. The first kappa shape index (κ1) is 24.0. The second kappa shape index (κ2) is 9.81. The number of nitrogens with zero attached hydrogens (tertiary/aromatic N) is 5. The van der Waals surface area contributed by atoms with Crippen LogP contribution in [0.3, 0.4) is 0 Å². The number of ether oxygens (including phenoxy) is 1. The van der Waals surface area contributed by atoms with Crippen LogP contribution in [0.1, 0.15) is 35.7 Å². The molecule has 3 aromatic heterocycles. The third-order valence-corrected chi connectivity index (χ3v) is 6.81. The largest absolute Gasteiger partial charge is 0.494 e. The number of aromatic nitrogens is 5. The second-order valence-electron chi connectivity index (χ2n) is 9.31. The fourth-order valence-corrected chi connectivity index (χ4v) is 4.93. The van der Waals surface area contributed by atoms with Gasteiger partial charge in [0.15, 0.2) is 5.82 Å². The van der Waals surface area contributed by atoms with Crippen molar-refractivity contribution in [3.63, 3.8) is 0 Å². The van der Waals surface area contributed by atoms with Gasteiger partial charge in [-0.05, 0) is 50.8 Å². The minimum Gasteiger partial charge on any atom is -0.494 e. The highest BCUT2D eigenvalue weighted by Crippen LogP contribution is 2.34. The van der Waals surface area contributed by atoms with Crippen LogP contribution in [0.5, 0.6) is 5.75 Å². The zero-order valence-electron chi connectivity index (χ0n) is 21.1. The minimum atomic E-state index is -0.678. The summed E-state index contributed by atoms with van der Waals surface area (Å²) >= 11 is 0. The Balaban J connectivity index is 1.44. The van der Waals surface area contributed by atoms with Crippen molar-refractivity contribution in [2.45, 2.75) is 39.7 Å². The number of para-hydroxylation sites is 1. The molecule has 5 aromatic rings. The predicted molar refractivity (Wildman–Crippen MR) is 142 cm³/mol. The molecule has 1 aliphatic rings. The van der Waals surface area contributed by atoms with Crippen molar-refractivity contribution >= 4 is 22.4 Å². The number of hydrogen-bond donors (Lipinski definition) is 1. The van der Waals surface area contributed by atoms with Crippen LogP contribution in [-0.4, -0.2) is 31.3 Å². The zero-order chi connectivity index (χ0) is 26.2. The summed E-state index contributed by atoms with van der Waals surface area (Å²) in [5, 5.41) is 9.06. The van der Waals surface area contributed by atoms with Gasteiger partial charge in [-0.3, -0.25) is 9.67 Å². The summed E-state index contributed by atoms with van der Waals surface area (Å²) in [5.41, 5.74) is 5.25. The van der Waals surface area contributed by atoms with Crippen LogP contribution in [0, 0.1) is 18.6 Å². The first-order valence-electron chi connectivity index (χ1n) is 12.7. The molecule has 3 heterocycles. The third-order valence-electron chi connectivity index (χ3n) is 6.81. The van der Waals surface area contributed by atoms with Crippen molar-refractivity contribution in [3.8, 4) is 17.3 Å². The van der Waals surface area contributed by atoms with Crippen LogP contribution >= 0.6 is 0 Å². The maximum atomic E-state index is 14.9. The van der Waals surface area contributed by atoms with Crippen LogP contribution in [0.25, 0.3) is 22.4 Å². The van der Waals surface area contributed by atoms with Gasteiger partial charge >= 0.3 is 0 Å². The van der Waals surface area contributed by atoms with Gasteiger partial charge in [0.25, 0.3) is 0 Å². The number of anilines is 2. The summed E-state index contributed by atoms with van der Waals surface area (Å²) < 4.78 is 36.7. The van der Waals surface area contributed by atoms with E-state index in [0.717, 1.165) is 58.5 Å². The standard InChI is InChI=1S/C29H26F2N6O/c1-3-38-18-13-22(30)21(23(31)14-18)16-37-26-10-5-4-7-20(26)27(36-37)29-34-25-9-6-8-19(25)28(35-29)33-24-11-12-32-15-17(24)2/h4-5,7,10-15H,3,6,8-9,16H2,1-2H3,(H,32,33,34,35). The van der Waals surface area contributed by atoms with E-state index < -0.39 is 11.6 Å². The zero-order valence-corrected chi connectivity index (χ0v) is 21.1.